The van der Waals surface area contributed by atoms with Crippen LogP contribution >= 0.6 is 0 Å². The zero-order chi connectivity index (χ0) is 13.8. The fourth-order valence-electron chi connectivity index (χ4n) is 1.70. The van der Waals surface area contributed by atoms with Crippen LogP contribution in [0.5, 0.6) is 5.75 Å². The molecule has 0 aliphatic heterocycles. The molecule has 0 bridgehead atoms. The van der Waals surface area contributed by atoms with Gasteiger partial charge in [0.05, 0.1) is 5.56 Å². The SMILES string of the molecule is O=C(Oc1ccc(-c2nnco2)cc1)c1ccccc1. The molecule has 3 aromatic rings. The predicted molar refractivity (Wildman–Crippen MR) is 71.1 cm³/mol. The van der Waals surface area contributed by atoms with Gasteiger partial charge in [-0.05, 0) is 36.4 Å². The van der Waals surface area contributed by atoms with E-state index >= 15 is 0 Å². The molecule has 5 nitrogen and oxygen atoms in total. The van der Waals surface area contributed by atoms with Gasteiger partial charge in [-0.2, -0.15) is 0 Å². The highest BCUT2D eigenvalue weighted by molar-refractivity contribution is 5.91. The molecular weight excluding hydrogens is 256 g/mol. The molecule has 0 aliphatic carbocycles. The van der Waals surface area contributed by atoms with E-state index in [0.29, 0.717) is 17.2 Å². The average Bonchev–Trinajstić information content (AvgIpc) is 3.03. The summed E-state index contributed by atoms with van der Waals surface area (Å²) < 4.78 is 10.3. The molecule has 1 aromatic heterocycles. The van der Waals surface area contributed by atoms with E-state index in [-0.39, 0.29) is 0 Å². The van der Waals surface area contributed by atoms with E-state index in [1.165, 1.54) is 6.39 Å². The normalized spacial score (nSPS) is 10.2. The zero-order valence-corrected chi connectivity index (χ0v) is 10.4. The lowest BCUT2D eigenvalue weighted by Gasteiger charge is -2.04. The third-order valence-corrected chi connectivity index (χ3v) is 2.68. The van der Waals surface area contributed by atoms with Crippen molar-refractivity contribution in [1.82, 2.24) is 10.2 Å². The van der Waals surface area contributed by atoms with Gasteiger partial charge >= 0.3 is 5.97 Å². The summed E-state index contributed by atoms with van der Waals surface area (Å²) in [6.45, 7) is 0. The summed E-state index contributed by atoms with van der Waals surface area (Å²) in [7, 11) is 0. The maximum absolute atomic E-state index is 11.9. The first-order valence-electron chi connectivity index (χ1n) is 5.97. The van der Waals surface area contributed by atoms with Crippen LogP contribution in [0.15, 0.2) is 65.4 Å². The van der Waals surface area contributed by atoms with Crippen LogP contribution in [0.3, 0.4) is 0 Å². The second-order valence-electron chi connectivity index (χ2n) is 4.02. The monoisotopic (exact) mass is 266 g/mol. The van der Waals surface area contributed by atoms with Crippen LogP contribution in [-0.4, -0.2) is 16.2 Å². The van der Waals surface area contributed by atoms with E-state index in [9.17, 15) is 4.79 Å². The van der Waals surface area contributed by atoms with Crippen LogP contribution in [0.25, 0.3) is 11.5 Å². The average molecular weight is 266 g/mol. The topological polar surface area (TPSA) is 65.2 Å². The minimum atomic E-state index is -0.392. The Balaban J connectivity index is 1.74. The maximum Gasteiger partial charge on any atom is 0.343 e. The summed E-state index contributed by atoms with van der Waals surface area (Å²) in [5.41, 5.74) is 1.27. The number of hydrogen-bond donors (Lipinski definition) is 0. The van der Waals surface area contributed by atoms with Crippen LogP contribution in [0.1, 0.15) is 10.4 Å². The summed E-state index contributed by atoms with van der Waals surface area (Å²) in [4.78, 5) is 11.9. The number of rotatable bonds is 3. The van der Waals surface area contributed by atoms with Gasteiger partial charge < -0.3 is 9.15 Å². The molecule has 0 unspecified atom stereocenters. The molecule has 20 heavy (non-hydrogen) atoms. The first-order valence-corrected chi connectivity index (χ1v) is 5.97. The number of esters is 1. The zero-order valence-electron chi connectivity index (χ0n) is 10.4. The lowest BCUT2D eigenvalue weighted by atomic mass is 10.2. The molecule has 0 radical (unpaired) electrons. The molecule has 0 saturated heterocycles. The van der Waals surface area contributed by atoms with E-state index < -0.39 is 5.97 Å². The van der Waals surface area contributed by atoms with Crippen LogP contribution in [0.4, 0.5) is 0 Å². The lowest BCUT2D eigenvalue weighted by molar-refractivity contribution is 0.0735. The maximum atomic E-state index is 11.9. The van der Waals surface area contributed by atoms with Gasteiger partial charge in [-0.1, -0.05) is 18.2 Å². The Kier molecular flexibility index (Phi) is 3.24. The molecule has 2 aromatic carbocycles. The number of hydrogen-bond acceptors (Lipinski definition) is 5. The van der Waals surface area contributed by atoms with Crippen LogP contribution < -0.4 is 4.74 Å². The van der Waals surface area contributed by atoms with Crippen LogP contribution in [0, 0.1) is 0 Å². The quantitative estimate of drug-likeness (QED) is 0.538. The molecule has 0 spiro atoms. The Hall–Kier alpha value is -2.95. The third kappa shape index (κ3) is 2.56. The van der Waals surface area contributed by atoms with Crippen molar-refractivity contribution in [3.05, 3.63) is 66.6 Å². The number of aromatic nitrogens is 2. The van der Waals surface area contributed by atoms with Gasteiger partial charge in [-0.3, -0.25) is 0 Å². The molecule has 0 atom stereocenters. The fraction of sp³-hybridized carbons (Fsp3) is 0. The van der Waals surface area contributed by atoms with Gasteiger partial charge in [-0.25, -0.2) is 4.79 Å². The van der Waals surface area contributed by atoms with Gasteiger partial charge in [0.2, 0.25) is 12.3 Å². The Morgan fingerprint density at radius 3 is 2.40 bits per heavy atom. The van der Waals surface area contributed by atoms with E-state index in [1.807, 2.05) is 6.07 Å². The number of carbonyl (C=O) groups excluding carboxylic acids is 1. The number of nitrogens with zero attached hydrogens (tertiary/aromatic N) is 2. The second kappa shape index (κ2) is 5.36. The summed E-state index contributed by atoms with van der Waals surface area (Å²) >= 11 is 0. The smallest absolute Gasteiger partial charge is 0.343 e. The molecule has 0 amide bonds. The Morgan fingerprint density at radius 2 is 1.75 bits per heavy atom. The highest BCUT2D eigenvalue weighted by Crippen LogP contribution is 2.20. The summed E-state index contributed by atoms with van der Waals surface area (Å²) in [5, 5.41) is 7.41. The number of ether oxygens (including phenoxy) is 1. The van der Waals surface area contributed by atoms with E-state index in [2.05, 4.69) is 10.2 Å². The van der Waals surface area contributed by atoms with Gasteiger partial charge in [0.25, 0.3) is 0 Å². The molecule has 0 aliphatic rings. The largest absolute Gasteiger partial charge is 0.423 e. The van der Waals surface area contributed by atoms with Crippen molar-refractivity contribution in [2.24, 2.45) is 0 Å². The molecule has 1 heterocycles. The fourth-order valence-corrected chi connectivity index (χ4v) is 1.70. The van der Waals surface area contributed by atoms with Crippen molar-refractivity contribution in [3.63, 3.8) is 0 Å². The summed E-state index contributed by atoms with van der Waals surface area (Å²) in [5.74, 6) is 0.490. The van der Waals surface area contributed by atoms with E-state index in [4.69, 9.17) is 9.15 Å². The van der Waals surface area contributed by atoms with Crippen molar-refractivity contribution < 1.29 is 13.9 Å². The van der Waals surface area contributed by atoms with E-state index in [1.54, 1.807) is 48.5 Å². The van der Waals surface area contributed by atoms with Gasteiger partial charge in [-0.15, -0.1) is 10.2 Å². The van der Waals surface area contributed by atoms with Crippen molar-refractivity contribution >= 4 is 5.97 Å². The standard InChI is InChI=1S/C15H10N2O3/c18-15(12-4-2-1-3-5-12)20-13-8-6-11(7-9-13)14-17-16-10-19-14/h1-10H. The third-order valence-electron chi connectivity index (χ3n) is 2.68. The minimum absolute atomic E-state index is 0.392. The number of carbonyl (C=O) groups is 1. The van der Waals surface area contributed by atoms with Crippen molar-refractivity contribution in [1.29, 1.82) is 0 Å². The first-order chi connectivity index (χ1) is 9.83. The molecule has 98 valence electrons. The molecule has 0 fully saturated rings. The Labute approximate surface area is 114 Å². The molecular formula is C15H10N2O3. The van der Waals surface area contributed by atoms with Gasteiger partial charge in [0.1, 0.15) is 5.75 Å². The van der Waals surface area contributed by atoms with Crippen molar-refractivity contribution in [2.75, 3.05) is 0 Å². The van der Waals surface area contributed by atoms with Crippen LogP contribution in [-0.2, 0) is 0 Å². The highest BCUT2D eigenvalue weighted by atomic mass is 16.5. The molecule has 3 rings (SSSR count). The van der Waals surface area contributed by atoms with E-state index in [0.717, 1.165) is 5.56 Å². The van der Waals surface area contributed by atoms with Crippen molar-refractivity contribution in [2.45, 2.75) is 0 Å². The van der Waals surface area contributed by atoms with Crippen LogP contribution in [0.2, 0.25) is 0 Å². The predicted octanol–water partition coefficient (Wildman–Crippen LogP) is 2.96. The summed E-state index contributed by atoms with van der Waals surface area (Å²) in [6.07, 6.45) is 1.26. The number of benzene rings is 2. The van der Waals surface area contributed by atoms with Gasteiger partial charge in [0, 0.05) is 5.56 Å². The van der Waals surface area contributed by atoms with Gasteiger partial charge in [0.15, 0.2) is 0 Å². The Bertz CT molecular complexity index is 692. The highest BCUT2D eigenvalue weighted by Gasteiger charge is 2.08. The minimum Gasteiger partial charge on any atom is -0.423 e. The Morgan fingerprint density at radius 1 is 1.00 bits per heavy atom. The molecule has 5 heteroatoms. The summed E-state index contributed by atoms with van der Waals surface area (Å²) in [6, 6.07) is 15.7. The lowest BCUT2D eigenvalue weighted by Crippen LogP contribution is -2.07. The molecule has 0 saturated carbocycles. The molecule has 0 N–H and O–H groups in total. The first kappa shape index (κ1) is 12.1. The second-order valence-corrected chi connectivity index (χ2v) is 4.02. The van der Waals surface area contributed by atoms with Crippen molar-refractivity contribution in [3.8, 4) is 17.2 Å².